The number of hydrogen-bond acceptors (Lipinski definition) is 8. The molecule has 42 heavy (non-hydrogen) atoms. The van der Waals surface area contributed by atoms with Gasteiger partial charge in [0.05, 0.1) is 17.0 Å². The molecule has 1 fully saturated rings. The highest BCUT2D eigenvalue weighted by Crippen LogP contribution is 2.36. The monoisotopic (exact) mass is 606 g/mol. The average molecular weight is 607 g/mol. The Morgan fingerprint density at radius 3 is 2.52 bits per heavy atom. The minimum absolute atomic E-state index is 0.137. The maximum Gasteiger partial charge on any atom is 0.237 e. The van der Waals surface area contributed by atoms with Crippen molar-refractivity contribution >= 4 is 21.7 Å². The van der Waals surface area contributed by atoms with E-state index in [1.165, 1.54) is 42.7 Å². The van der Waals surface area contributed by atoms with Crippen molar-refractivity contribution in [2.75, 3.05) is 23.1 Å². The zero-order valence-electron chi connectivity index (χ0n) is 21.6. The van der Waals surface area contributed by atoms with Crippen LogP contribution in [-0.4, -0.2) is 48.7 Å². The Hall–Kier alpha value is -4.37. The summed E-state index contributed by atoms with van der Waals surface area (Å²) in [6, 6.07) is 9.20. The van der Waals surface area contributed by atoms with E-state index in [0.717, 1.165) is 12.1 Å². The summed E-state index contributed by atoms with van der Waals surface area (Å²) in [5.74, 6) is -7.29. The van der Waals surface area contributed by atoms with E-state index in [1.54, 1.807) is 4.72 Å². The van der Waals surface area contributed by atoms with E-state index in [0.29, 0.717) is 12.6 Å². The van der Waals surface area contributed by atoms with Crippen LogP contribution in [0.4, 0.5) is 33.6 Å². The van der Waals surface area contributed by atoms with Gasteiger partial charge in [-0.25, -0.2) is 40.9 Å². The van der Waals surface area contributed by atoms with Crippen LogP contribution in [0.1, 0.15) is 12.0 Å². The molecule has 3 N–H and O–H groups in total. The zero-order chi connectivity index (χ0) is 29.9. The standard InChI is InChI=1S/C27H23F5N6O3S/c28-16-5-3-15(4-6-16)14-42(39,40)38-25-20(30)11-22(23(31)24(25)32)41-26-19(2-1-8-34-26)21-7-9-35-27(37-21)36-18-10-17(29)12-33-13-18/h1-9,11,17-18,33,38H,10,12-14H2,(H,35,36,37)/t17-,18?/m0/s1. The van der Waals surface area contributed by atoms with E-state index >= 15 is 4.39 Å². The second-order valence-electron chi connectivity index (χ2n) is 9.40. The number of halogens is 5. The number of rotatable bonds is 9. The van der Waals surface area contributed by atoms with Crippen LogP contribution in [0.25, 0.3) is 11.3 Å². The van der Waals surface area contributed by atoms with Gasteiger partial charge in [-0.3, -0.25) is 4.72 Å². The lowest BCUT2D eigenvalue weighted by atomic mass is 10.1. The Morgan fingerprint density at radius 1 is 0.976 bits per heavy atom. The number of hydrogen-bond donors (Lipinski definition) is 3. The molecule has 0 saturated carbocycles. The molecule has 15 heteroatoms. The van der Waals surface area contributed by atoms with Crippen molar-refractivity contribution in [1.29, 1.82) is 0 Å². The molecule has 0 aliphatic carbocycles. The third-order valence-electron chi connectivity index (χ3n) is 6.19. The van der Waals surface area contributed by atoms with Gasteiger partial charge in [0, 0.05) is 44.0 Å². The molecule has 1 aliphatic rings. The van der Waals surface area contributed by atoms with E-state index in [-0.39, 0.29) is 47.7 Å². The molecule has 1 saturated heterocycles. The summed E-state index contributed by atoms with van der Waals surface area (Å²) >= 11 is 0. The summed E-state index contributed by atoms with van der Waals surface area (Å²) < 4.78 is 104. The van der Waals surface area contributed by atoms with E-state index in [1.807, 2.05) is 0 Å². The molecule has 2 aromatic carbocycles. The Morgan fingerprint density at radius 2 is 1.76 bits per heavy atom. The minimum Gasteiger partial charge on any atom is -0.435 e. The van der Waals surface area contributed by atoms with Crippen molar-refractivity contribution in [3.05, 3.63) is 89.8 Å². The zero-order valence-corrected chi connectivity index (χ0v) is 22.4. The predicted molar refractivity (Wildman–Crippen MR) is 144 cm³/mol. The second kappa shape index (κ2) is 12.2. The summed E-state index contributed by atoms with van der Waals surface area (Å²) in [6.07, 6.45) is 1.97. The Labute approximate surface area is 237 Å². The quantitative estimate of drug-likeness (QED) is 0.181. The molecule has 2 aromatic heterocycles. The van der Waals surface area contributed by atoms with Gasteiger partial charge >= 0.3 is 0 Å². The highest BCUT2D eigenvalue weighted by molar-refractivity contribution is 7.91. The fourth-order valence-electron chi connectivity index (χ4n) is 4.26. The molecule has 0 radical (unpaired) electrons. The van der Waals surface area contributed by atoms with Crippen LogP contribution < -0.4 is 20.1 Å². The Bertz CT molecular complexity index is 1690. The van der Waals surface area contributed by atoms with Crippen molar-refractivity contribution in [1.82, 2.24) is 20.3 Å². The molecular formula is C27H23F5N6O3S. The summed E-state index contributed by atoms with van der Waals surface area (Å²) in [5.41, 5.74) is -0.625. The number of nitrogens with zero attached hydrogens (tertiary/aromatic N) is 3. The number of aromatic nitrogens is 3. The number of alkyl halides is 1. The lowest BCUT2D eigenvalue weighted by Gasteiger charge is -2.26. The van der Waals surface area contributed by atoms with Crippen molar-refractivity contribution in [3.8, 4) is 22.9 Å². The van der Waals surface area contributed by atoms with Gasteiger partial charge < -0.3 is 15.4 Å². The highest BCUT2D eigenvalue weighted by atomic mass is 32.2. The molecular weight excluding hydrogens is 583 g/mol. The second-order valence-corrected chi connectivity index (χ2v) is 11.1. The SMILES string of the molecule is O=S(=O)(Cc1ccc(F)cc1)Nc1c(F)cc(Oc2ncccc2-c2ccnc(NC3CNC[C@@H](F)C3)n2)c(F)c1F. The third-order valence-corrected chi connectivity index (χ3v) is 7.42. The summed E-state index contributed by atoms with van der Waals surface area (Å²) in [4.78, 5) is 12.6. The number of sulfonamides is 1. The van der Waals surface area contributed by atoms with Crippen molar-refractivity contribution in [2.24, 2.45) is 0 Å². The number of anilines is 2. The maximum atomic E-state index is 15.0. The maximum absolute atomic E-state index is 15.0. The molecule has 0 spiro atoms. The summed E-state index contributed by atoms with van der Waals surface area (Å²) in [7, 11) is -4.41. The predicted octanol–water partition coefficient (Wildman–Crippen LogP) is 4.94. The van der Waals surface area contributed by atoms with Gasteiger partial charge in [-0.2, -0.15) is 4.39 Å². The van der Waals surface area contributed by atoms with Gasteiger partial charge in [0.2, 0.25) is 27.7 Å². The molecule has 2 atom stereocenters. The van der Waals surface area contributed by atoms with Gasteiger partial charge in [0.1, 0.15) is 17.7 Å². The van der Waals surface area contributed by atoms with Gasteiger partial charge in [-0.15, -0.1) is 0 Å². The molecule has 220 valence electrons. The number of piperidine rings is 1. The van der Waals surface area contributed by atoms with Crippen molar-refractivity contribution < 1.29 is 35.1 Å². The molecule has 1 aliphatic heterocycles. The van der Waals surface area contributed by atoms with E-state index in [9.17, 15) is 26.0 Å². The van der Waals surface area contributed by atoms with Crippen LogP contribution in [0, 0.1) is 23.3 Å². The van der Waals surface area contributed by atoms with Crippen LogP contribution in [-0.2, 0) is 15.8 Å². The van der Waals surface area contributed by atoms with Crippen LogP contribution in [0.3, 0.4) is 0 Å². The average Bonchev–Trinajstić information content (AvgIpc) is 2.95. The number of nitrogens with one attached hydrogen (secondary N) is 3. The Balaban J connectivity index is 1.37. The molecule has 5 rings (SSSR count). The van der Waals surface area contributed by atoms with Crippen molar-refractivity contribution in [2.45, 2.75) is 24.4 Å². The first-order valence-electron chi connectivity index (χ1n) is 12.6. The third kappa shape index (κ3) is 6.91. The smallest absolute Gasteiger partial charge is 0.237 e. The van der Waals surface area contributed by atoms with Crippen LogP contribution in [0.2, 0.25) is 0 Å². The van der Waals surface area contributed by atoms with Crippen LogP contribution in [0.15, 0.2) is 60.9 Å². The highest BCUT2D eigenvalue weighted by Gasteiger charge is 2.26. The summed E-state index contributed by atoms with van der Waals surface area (Å²) in [5, 5.41) is 6.00. The first kappa shape index (κ1) is 29.1. The topological polar surface area (TPSA) is 118 Å². The van der Waals surface area contributed by atoms with E-state index in [2.05, 4.69) is 25.6 Å². The fraction of sp³-hybridized carbons (Fsp3) is 0.222. The molecule has 9 nitrogen and oxygen atoms in total. The normalized spacial score (nSPS) is 17.1. The van der Waals surface area contributed by atoms with Gasteiger partial charge in [0.25, 0.3) is 0 Å². The van der Waals surface area contributed by atoms with Gasteiger partial charge in [0.15, 0.2) is 17.4 Å². The first-order chi connectivity index (χ1) is 20.1. The molecule has 4 aromatic rings. The van der Waals surface area contributed by atoms with Crippen molar-refractivity contribution in [3.63, 3.8) is 0 Å². The van der Waals surface area contributed by atoms with Gasteiger partial charge in [-0.1, -0.05) is 12.1 Å². The van der Waals surface area contributed by atoms with Gasteiger partial charge in [-0.05, 0) is 35.9 Å². The molecule has 0 bridgehead atoms. The summed E-state index contributed by atoms with van der Waals surface area (Å²) in [6.45, 7) is 0.764. The lowest BCUT2D eigenvalue weighted by Crippen LogP contribution is -2.44. The number of ether oxygens (including phenoxy) is 1. The number of benzene rings is 2. The Kier molecular flexibility index (Phi) is 8.49. The van der Waals surface area contributed by atoms with Crippen LogP contribution in [0.5, 0.6) is 11.6 Å². The fourth-order valence-corrected chi connectivity index (χ4v) is 5.47. The largest absolute Gasteiger partial charge is 0.435 e. The minimum atomic E-state index is -4.41. The van der Waals surface area contributed by atoms with E-state index in [4.69, 9.17) is 4.74 Å². The van der Waals surface area contributed by atoms with E-state index < -0.39 is 56.7 Å². The molecule has 3 heterocycles. The molecule has 0 amide bonds. The van der Waals surface area contributed by atoms with Crippen LogP contribution >= 0.6 is 0 Å². The lowest BCUT2D eigenvalue weighted by molar-refractivity contribution is 0.254. The first-order valence-corrected chi connectivity index (χ1v) is 14.2. The molecule has 1 unspecified atom stereocenters. The number of pyridine rings is 1.